The number of carbonyl (C=O) groups excluding carboxylic acids is 1. The van der Waals surface area contributed by atoms with Gasteiger partial charge in [0.15, 0.2) is 0 Å². The summed E-state index contributed by atoms with van der Waals surface area (Å²) in [5, 5.41) is 12.7. The van der Waals surface area contributed by atoms with Crippen LogP contribution in [-0.2, 0) is 22.4 Å². The SMILES string of the molecule is CC(C)Oc1cc2[nH]ncc2cc1Nc1ncnc2sc3c(c12)CC[C@H](C(=O)N1CCOC[C@H]1C)C3. The summed E-state index contributed by atoms with van der Waals surface area (Å²) in [6, 6.07) is 4.13. The van der Waals surface area contributed by atoms with E-state index in [1.54, 1.807) is 23.9 Å². The highest BCUT2D eigenvalue weighted by atomic mass is 32.1. The van der Waals surface area contributed by atoms with Crippen molar-refractivity contribution in [3.8, 4) is 5.75 Å². The largest absolute Gasteiger partial charge is 0.489 e. The van der Waals surface area contributed by atoms with Crippen molar-refractivity contribution in [3.63, 3.8) is 0 Å². The van der Waals surface area contributed by atoms with Gasteiger partial charge >= 0.3 is 0 Å². The average Bonchev–Trinajstić information content (AvgIpc) is 3.47. The fraction of sp³-hybridized carbons (Fsp3) is 0.462. The number of aromatic nitrogens is 4. The Morgan fingerprint density at radius 1 is 1.33 bits per heavy atom. The maximum Gasteiger partial charge on any atom is 0.226 e. The van der Waals surface area contributed by atoms with Gasteiger partial charge in [-0.05, 0) is 51.7 Å². The van der Waals surface area contributed by atoms with E-state index in [1.165, 1.54) is 10.4 Å². The third-order valence-electron chi connectivity index (χ3n) is 7.00. The number of H-pyrrole nitrogens is 1. The highest BCUT2D eigenvalue weighted by molar-refractivity contribution is 7.19. The lowest BCUT2D eigenvalue weighted by atomic mass is 9.86. The van der Waals surface area contributed by atoms with E-state index < -0.39 is 0 Å². The van der Waals surface area contributed by atoms with Gasteiger partial charge in [-0.25, -0.2) is 9.97 Å². The average molecular weight is 507 g/mol. The number of amides is 1. The Kier molecular flexibility index (Phi) is 6.00. The van der Waals surface area contributed by atoms with Crippen molar-refractivity contribution in [3.05, 3.63) is 35.1 Å². The lowest BCUT2D eigenvalue weighted by molar-refractivity contribution is -0.143. The number of benzene rings is 1. The zero-order valence-electron chi connectivity index (χ0n) is 20.7. The molecule has 1 aromatic carbocycles. The van der Waals surface area contributed by atoms with Crippen molar-refractivity contribution in [2.45, 2.75) is 52.2 Å². The molecule has 1 amide bonds. The molecule has 1 saturated heterocycles. The summed E-state index contributed by atoms with van der Waals surface area (Å²) in [6.07, 6.45) is 5.84. The summed E-state index contributed by atoms with van der Waals surface area (Å²) in [4.78, 5) is 26.7. The van der Waals surface area contributed by atoms with E-state index in [0.29, 0.717) is 19.8 Å². The number of ether oxygens (including phenoxy) is 2. The number of rotatable bonds is 5. The van der Waals surface area contributed by atoms with Crippen LogP contribution in [0.1, 0.15) is 37.6 Å². The zero-order valence-corrected chi connectivity index (χ0v) is 21.5. The predicted molar refractivity (Wildman–Crippen MR) is 140 cm³/mol. The molecule has 9 nitrogen and oxygen atoms in total. The normalized spacial score (nSPS) is 20.2. The summed E-state index contributed by atoms with van der Waals surface area (Å²) in [5.41, 5.74) is 3.01. The van der Waals surface area contributed by atoms with Crippen LogP contribution in [-0.4, -0.2) is 62.9 Å². The molecule has 1 aliphatic carbocycles. The molecule has 0 radical (unpaired) electrons. The van der Waals surface area contributed by atoms with E-state index in [4.69, 9.17) is 9.47 Å². The number of aryl methyl sites for hydroxylation is 1. The van der Waals surface area contributed by atoms with Gasteiger partial charge in [0.1, 0.15) is 22.7 Å². The molecule has 0 bridgehead atoms. The van der Waals surface area contributed by atoms with E-state index in [1.807, 2.05) is 30.9 Å². The third-order valence-corrected chi connectivity index (χ3v) is 8.16. The lowest BCUT2D eigenvalue weighted by Gasteiger charge is -2.36. The molecule has 6 rings (SSSR count). The summed E-state index contributed by atoms with van der Waals surface area (Å²) in [6.45, 7) is 8.00. The molecule has 2 aliphatic rings. The smallest absolute Gasteiger partial charge is 0.226 e. The van der Waals surface area contributed by atoms with Crippen molar-refractivity contribution in [1.29, 1.82) is 0 Å². The van der Waals surface area contributed by atoms with Crippen LogP contribution in [0.4, 0.5) is 11.5 Å². The van der Waals surface area contributed by atoms with Crippen molar-refractivity contribution in [1.82, 2.24) is 25.1 Å². The van der Waals surface area contributed by atoms with Crippen LogP contribution in [0.15, 0.2) is 24.7 Å². The number of hydrogen-bond acceptors (Lipinski definition) is 8. The number of nitrogens with one attached hydrogen (secondary N) is 2. The highest BCUT2D eigenvalue weighted by Crippen LogP contribution is 2.42. The first kappa shape index (κ1) is 23.2. The van der Waals surface area contributed by atoms with Gasteiger partial charge in [-0.2, -0.15) is 5.10 Å². The van der Waals surface area contributed by atoms with Gasteiger partial charge in [0, 0.05) is 28.8 Å². The molecule has 36 heavy (non-hydrogen) atoms. The summed E-state index contributed by atoms with van der Waals surface area (Å²) in [7, 11) is 0. The molecule has 3 aromatic heterocycles. The van der Waals surface area contributed by atoms with Crippen LogP contribution >= 0.6 is 11.3 Å². The Bertz CT molecular complexity index is 1430. The minimum atomic E-state index is 0.00465. The molecule has 4 heterocycles. The van der Waals surface area contributed by atoms with Gasteiger partial charge in [0.25, 0.3) is 0 Å². The molecule has 188 valence electrons. The second-order valence-electron chi connectivity index (χ2n) is 9.90. The quantitative estimate of drug-likeness (QED) is 0.412. The van der Waals surface area contributed by atoms with Crippen LogP contribution < -0.4 is 10.1 Å². The first-order chi connectivity index (χ1) is 17.5. The third kappa shape index (κ3) is 4.18. The Balaban J connectivity index is 1.32. The van der Waals surface area contributed by atoms with Crippen molar-refractivity contribution in [2.75, 3.05) is 25.1 Å². The minimum absolute atomic E-state index is 0.00465. The van der Waals surface area contributed by atoms with Gasteiger partial charge < -0.3 is 19.7 Å². The fourth-order valence-corrected chi connectivity index (χ4v) is 6.52. The molecular weight excluding hydrogens is 476 g/mol. The van der Waals surface area contributed by atoms with Gasteiger partial charge in [0.05, 0.1) is 48.1 Å². The molecule has 2 N–H and O–H groups in total. The Labute approximate surface area is 213 Å². The molecule has 0 spiro atoms. The molecule has 1 aliphatic heterocycles. The number of nitrogens with zero attached hydrogens (tertiary/aromatic N) is 4. The lowest BCUT2D eigenvalue weighted by Crippen LogP contribution is -2.50. The zero-order chi connectivity index (χ0) is 24.8. The number of hydrogen-bond donors (Lipinski definition) is 2. The van der Waals surface area contributed by atoms with Crippen molar-refractivity contribution < 1.29 is 14.3 Å². The van der Waals surface area contributed by atoms with Crippen molar-refractivity contribution >= 4 is 49.9 Å². The maximum absolute atomic E-state index is 13.3. The Morgan fingerprint density at radius 2 is 2.22 bits per heavy atom. The van der Waals surface area contributed by atoms with Gasteiger partial charge in [-0.1, -0.05) is 0 Å². The highest BCUT2D eigenvalue weighted by Gasteiger charge is 2.34. The van der Waals surface area contributed by atoms with Crippen LogP contribution in [0, 0.1) is 5.92 Å². The summed E-state index contributed by atoms with van der Waals surface area (Å²) >= 11 is 1.68. The minimum Gasteiger partial charge on any atom is -0.489 e. The summed E-state index contributed by atoms with van der Waals surface area (Å²) < 4.78 is 11.6. The number of thiophene rings is 1. The first-order valence-electron chi connectivity index (χ1n) is 12.5. The molecule has 0 saturated carbocycles. The molecule has 0 unspecified atom stereocenters. The second-order valence-corrected chi connectivity index (χ2v) is 11.0. The Morgan fingerprint density at radius 3 is 3.06 bits per heavy atom. The van der Waals surface area contributed by atoms with Crippen LogP contribution in [0.5, 0.6) is 5.75 Å². The monoisotopic (exact) mass is 506 g/mol. The molecule has 2 atom stereocenters. The van der Waals surface area contributed by atoms with Gasteiger partial charge in [-0.15, -0.1) is 11.3 Å². The number of morpholine rings is 1. The van der Waals surface area contributed by atoms with Crippen LogP contribution in [0.2, 0.25) is 0 Å². The van der Waals surface area contributed by atoms with Gasteiger partial charge in [-0.3, -0.25) is 9.89 Å². The predicted octanol–water partition coefficient (Wildman–Crippen LogP) is 4.45. The maximum atomic E-state index is 13.3. The molecular formula is C26H30N6O3S. The second kappa shape index (κ2) is 9.33. The Hall–Kier alpha value is -3.24. The van der Waals surface area contributed by atoms with E-state index in [9.17, 15) is 4.79 Å². The number of anilines is 2. The number of carbonyl (C=O) groups is 1. The summed E-state index contributed by atoms with van der Waals surface area (Å²) in [5.74, 6) is 1.76. The molecule has 1 fully saturated rings. The van der Waals surface area contributed by atoms with Crippen LogP contribution in [0.3, 0.4) is 0 Å². The standard InChI is InChI=1S/C26H30N6O3S/c1-14(2)35-21-10-19-17(11-29-31-19)8-20(21)30-24-23-18-5-4-16(9-22(18)36-25(23)28-13-27-24)26(33)32-6-7-34-12-15(32)3/h8,10-11,13-16H,4-7,9,12H2,1-3H3,(H,29,31)(H,27,28,30)/t15-,16+/m1/s1. The van der Waals surface area contributed by atoms with Crippen LogP contribution in [0.25, 0.3) is 21.1 Å². The number of fused-ring (bicyclic) bond motifs is 4. The molecule has 10 heteroatoms. The fourth-order valence-electron chi connectivity index (χ4n) is 5.25. The van der Waals surface area contributed by atoms with Crippen molar-refractivity contribution in [2.24, 2.45) is 5.92 Å². The molecule has 4 aromatic rings. The topological polar surface area (TPSA) is 105 Å². The van der Waals surface area contributed by atoms with E-state index >= 15 is 0 Å². The first-order valence-corrected chi connectivity index (χ1v) is 13.3. The van der Waals surface area contributed by atoms with E-state index in [0.717, 1.165) is 57.6 Å². The van der Waals surface area contributed by atoms with E-state index in [2.05, 4.69) is 32.4 Å². The number of aromatic amines is 1. The van der Waals surface area contributed by atoms with E-state index in [-0.39, 0.29) is 24.0 Å². The van der Waals surface area contributed by atoms with Gasteiger partial charge in [0.2, 0.25) is 5.91 Å².